The van der Waals surface area contributed by atoms with Gasteiger partial charge in [0.1, 0.15) is 5.78 Å². The van der Waals surface area contributed by atoms with Gasteiger partial charge in [0.05, 0.1) is 5.41 Å². The molecule has 2 aromatic carbocycles. The van der Waals surface area contributed by atoms with Crippen molar-refractivity contribution in [3.63, 3.8) is 0 Å². The monoisotopic (exact) mass is 373 g/mol. The fourth-order valence-electron chi connectivity index (χ4n) is 3.07. The molecule has 1 atom stereocenters. The minimum Gasteiger partial charge on any atom is -0.309 e. The first-order chi connectivity index (χ1) is 11.0. The molecule has 0 aliphatic heterocycles. The fourth-order valence-corrected chi connectivity index (χ4v) is 3.33. The number of halogens is 1. The van der Waals surface area contributed by atoms with Gasteiger partial charge in [-0.05, 0) is 50.3 Å². The van der Waals surface area contributed by atoms with Crippen LogP contribution in [-0.4, -0.2) is 31.3 Å². The highest BCUT2D eigenvalue weighted by atomic mass is 79.9. The van der Waals surface area contributed by atoms with E-state index < -0.39 is 5.41 Å². The van der Waals surface area contributed by atoms with Gasteiger partial charge in [-0.1, -0.05) is 65.3 Å². The van der Waals surface area contributed by atoms with Gasteiger partial charge in [0.15, 0.2) is 0 Å². The zero-order valence-corrected chi connectivity index (χ0v) is 15.6. The third kappa shape index (κ3) is 3.91. The number of hydrogen-bond donors (Lipinski definition) is 0. The van der Waals surface area contributed by atoms with E-state index in [-0.39, 0.29) is 5.78 Å². The highest BCUT2D eigenvalue weighted by Crippen LogP contribution is 2.38. The van der Waals surface area contributed by atoms with Gasteiger partial charge in [-0.3, -0.25) is 4.79 Å². The van der Waals surface area contributed by atoms with E-state index in [1.54, 1.807) is 0 Å². The molecule has 122 valence electrons. The summed E-state index contributed by atoms with van der Waals surface area (Å²) < 4.78 is 1.03. The summed E-state index contributed by atoms with van der Waals surface area (Å²) in [7, 11) is 4.10. The molecule has 0 N–H and O–H groups in total. The van der Waals surface area contributed by atoms with Crippen molar-refractivity contribution in [1.29, 1.82) is 0 Å². The minimum atomic E-state index is -0.582. The second-order valence-corrected chi connectivity index (χ2v) is 7.02. The molecule has 23 heavy (non-hydrogen) atoms. The Kier molecular flexibility index (Phi) is 6.14. The summed E-state index contributed by atoms with van der Waals surface area (Å²) in [4.78, 5) is 15.2. The van der Waals surface area contributed by atoms with Crippen LogP contribution >= 0.6 is 15.9 Å². The Bertz CT molecular complexity index is 636. The van der Waals surface area contributed by atoms with E-state index in [1.807, 2.05) is 51.4 Å². The van der Waals surface area contributed by atoms with E-state index in [1.165, 1.54) is 0 Å². The third-order valence-corrected chi connectivity index (χ3v) is 4.86. The van der Waals surface area contributed by atoms with E-state index in [2.05, 4.69) is 45.1 Å². The maximum absolute atomic E-state index is 13.1. The van der Waals surface area contributed by atoms with Gasteiger partial charge in [0.2, 0.25) is 0 Å². The van der Waals surface area contributed by atoms with Crippen molar-refractivity contribution in [3.8, 4) is 0 Å². The quantitative estimate of drug-likeness (QED) is 0.702. The minimum absolute atomic E-state index is 0.271. The van der Waals surface area contributed by atoms with E-state index >= 15 is 0 Å². The van der Waals surface area contributed by atoms with Crippen molar-refractivity contribution < 1.29 is 4.79 Å². The highest BCUT2D eigenvalue weighted by Gasteiger charge is 2.40. The lowest BCUT2D eigenvalue weighted by Crippen LogP contribution is -2.39. The Morgan fingerprint density at radius 3 is 2.09 bits per heavy atom. The van der Waals surface area contributed by atoms with Crippen LogP contribution in [0.3, 0.4) is 0 Å². The van der Waals surface area contributed by atoms with E-state index in [0.29, 0.717) is 6.42 Å². The summed E-state index contributed by atoms with van der Waals surface area (Å²) in [6.45, 7) is 2.81. The van der Waals surface area contributed by atoms with Crippen LogP contribution in [0.4, 0.5) is 0 Å². The average molecular weight is 374 g/mol. The molecule has 0 saturated heterocycles. The molecule has 0 aliphatic carbocycles. The maximum atomic E-state index is 13.1. The Balaban J connectivity index is 2.63. The Morgan fingerprint density at radius 2 is 1.57 bits per heavy atom. The number of benzene rings is 2. The lowest BCUT2D eigenvalue weighted by molar-refractivity contribution is -0.123. The van der Waals surface area contributed by atoms with Gasteiger partial charge >= 0.3 is 0 Å². The first-order valence-corrected chi connectivity index (χ1v) is 8.79. The predicted molar refractivity (Wildman–Crippen MR) is 99.8 cm³/mol. The molecule has 0 heterocycles. The van der Waals surface area contributed by atoms with Gasteiger partial charge in [-0.15, -0.1) is 0 Å². The molecular formula is C20H24BrNO. The van der Waals surface area contributed by atoms with Gasteiger partial charge in [0, 0.05) is 10.9 Å². The molecule has 0 radical (unpaired) electrons. The topological polar surface area (TPSA) is 20.3 Å². The van der Waals surface area contributed by atoms with Crippen molar-refractivity contribution in [2.24, 2.45) is 0 Å². The zero-order chi connectivity index (χ0) is 16.9. The van der Waals surface area contributed by atoms with Crippen LogP contribution in [-0.2, 0) is 10.2 Å². The first-order valence-electron chi connectivity index (χ1n) is 8.00. The molecular weight excluding hydrogens is 350 g/mol. The molecule has 0 fully saturated rings. The number of carbonyl (C=O) groups is 1. The van der Waals surface area contributed by atoms with Crippen molar-refractivity contribution >= 4 is 21.7 Å². The van der Waals surface area contributed by atoms with E-state index in [9.17, 15) is 4.79 Å². The summed E-state index contributed by atoms with van der Waals surface area (Å²) in [5.41, 5.74) is 1.57. The SMILES string of the molecule is CCC(=O)C(CCN(C)C)(c1ccccc1)c1ccc(Br)cc1. The molecule has 0 amide bonds. The van der Waals surface area contributed by atoms with Crippen LogP contribution in [0.15, 0.2) is 59.1 Å². The largest absolute Gasteiger partial charge is 0.309 e. The smallest absolute Gasteiger partial charge is 0.147 e. The number of Topliss-reactive ketones (excluding diaryl/α,β-unsaturated/α-hetero) is 1. The standard InChI is InChI=1S/C20H24BrNO/c1-4-19(23)20(14-15-22(2)3,16-8-6-5-7-9-16)17-10-12-18(21)13-11-17/h5-13H,4,14-15H2,1-3H3. The van der Waals surface area contributed by atoms with E-state index in [0.717, 1.165) is 28.6 Å². The molecule has 3 heteroatoms. The number of ketones is 1. The van der Waals surface area contributed by atoms with Crippen LogP contribution in [0.25, 0.3) is 0 Å². The van der Waals surface area contributed by atoms with Gasteiger partial charge in [-0.2, -0.15) is 0 Å². The van der Waals surface area contributed by atoms with Gasteiger partial charge in [0.25, 0.3) is 0 Å². The maximum Gasteiger partial charge on any atom is 0.147 e. The molecule has 0 bridgehead atoms. The number of carbonyl (C=O) groups excluding carboxylic acids is 1. The lowest BCUT2D eigenvalue weighted by Gasteiger charge is -2.34. The van der Waals surface area contributed by atoms with Crippen molar-refractivity contribution in [1.82, 2.24) is 4.90 Å². The van der Waals surface area contributed by atoms with Crippen molar-refractivity contribution in [3.05, 3.63) is 70.2 Å². The molecule has 0 spiro atoms. The number of rotatable bonds is 7. The second-order valence-electron chi connectivity index (χ2n) is 6.11. The first kappa shape index (κ1) is 17.9. The van der Waals surface area contributed by atoms with Crippen LogP contribution in [0.2, 0.25) is 0 Å². The highest BCUT2D eigenvalue weighted by molar-refractivity contribution is 9.10. The molecule has 2 aromatic rings. The zero-order valence-electron chi connectivity index (χ0n) is 14.1. The summed E-state index contributed by atoms with van der Waals surface area (Å²) >= 11 is 3.49. The van der Waals surface area contributed by atoms with E-state index in [4.69, 9.17) is 0 Å². The summed E-state index contributed by atoms with van der Waals surface area (Å²) in [5, 5.41) is 0. The summed E-state index contributed by atoms with van der Waals surface area (Å²) in [6, 6.07) is 18.4. The molecule has 1 unspecified atom stereocenters. The Morgan fingerprint density at radius 1 is 1.00 bits per heavy atom. The summed E-state index contributed by atoms with van der Waals surface area (Å²) in [5.74, 6) is 0.271. The molecule has 0 saturated carbocycles. The van der Waals surface area contributed by atoms with Crippen molar-refractivity contribution in [2.45, 2.75) is 25.2 Å². The predicted octanol–water partition coefficient (Wildman–Crippen LogP) is 4.67. The molecule has 0 aliphatic rings. The van der Waals surface area contributed by atoms with Gasteiger partial charge < -0.3 is 4.90 Å². The van der Waals surface area contributed by atoms with Crippen LogP contribution in [0.5, 0.6) is 0 Å². The Labute approximate surface area is 147 Å². The average Bonchev–Trinajstić information content (AvgIpc) is 2.57. The van der Waals surface area contributed by atoms with Crippen molar-refractivity contribution in [2.75, 3.05) is 20.6 Å². The molecule has 0 aromatic heterocycles. The lowest BCUT2D eigenvalue weighted by atomic mass is 9.68. The summed E-state index contributed by atoms with van der Waals surface area (Å²) in [6.07, 6.45) is 1.30. The number of nitrogens with zero attached hydrogens (tertiary/aromatic N) is 1. The second kappa shape index (κ2) is 7.89. The van der Waals surface area contributed by atoms with Crippen LogP contribution in [0.1, 0.15) is 30.9 Å². The normalized spacial score (nSPS) is 13.8. The van der Waals surface area contributed by atoms with Crippen LogP contribution < -0.4 is 0 Å². The van der Waals surface area contributed by atoms with Crippen LogP contribution in [0, 0.1) is 0 Å². The Hall–Kier alpha value is -1.45. The third-order valence-electron chi connectivity index (χ3n) is 4.33. The molecule has 2 rings (SSSR count). The number of hydrogen-bond acceptors (Lipinski definition) is 2. The fraction of sp³-hybridized carbons (Fsp3) is 0.350. The molecule has 2 nitrogen and oxygen atoms in total. The van der Waals surface area contributed by atoms with Gasteiger partial charge in [-0.25, -0.2) is 0 Å².